The van der Waals surface area contributed by atoms with Crippen LogP contribution in [0.2, 0.25) is 0 Å². The molecule has 0 aliphatic heterocycles. The molecule has 3 rings (SSSR count). The SMILES string of the molecule is Cc1ccc(C)c(C(=O)CCC(=O)O[C@@H](C(=O)NC2CC2)c2ccccc2)c1. The van der Waals surface area contributed by atoms with E-state index in [9.17, 15) is 14.4 Å². The van der Waals surface area contributed by atoms with Gasteiger partial charge in [0.1, 0.15) is 0 Å². The molecule has 28 heavy (non-hydrogen) atoms. The van der Waals surface area contributed by atoms with Crippen molar-refractivity contribution in [3.63, 3.8) is 0 Å². The van der Waals surface area contributed by atoms with E-state index in [2.05, 4.69) is 5.32 Å². The number of carbonyl (C=O) groups excluding carboxylic acids is 3. The van der Waals surface area contributed by atoms with Gasteiger partial charge in [0, 0.05) is 23.6 Å². The number of esters is 1. The molecule has 146 valence electrons. The van der Waals surface area contributed by atoms with Crippen LogP contribution in [0.1, 0.15) is 58.8 Å². The molecule has 1 atom stereocenters. The van der Waals surface area contributed by atoms with Crippen molar-refractivity contribution in [2.75, 3.05) is 0 Å². The van der Waals surface area contributed by atoms with Crippen molar-refractivity contribution in [2.24, 2.45) is 0 Å². The third-order valence-electron chi connectivity index (χ3n) is 4.76. The highest BCUT2D eigenvalue weighted by Crippen LogP contribution is 2.24. The van der Waals surface area contributed by atoms with Crippen molar-refractivity contribution in [3.05, 3.63) is 70.8 Å². The van der Waals surface area contributed by atoms with Crippen LogP contribution in [0.5, 0.6) is 0 Å². The van der Waals surface area contributed by atoms with Crippen LogP contribution in [0.15, 0.2) is 48.5 Å². The molecule has 0 unspecified atom stereocenters. The lowest BCUT2D eigenvalue weighted by Crippen LogP contribution is -2.33. The summed E-state index contributed by atoms with van der Waals surface area (Å²) in [5.41, 5.74) is 3.13. The summed E-state index contributed by atoms with van der Waals surface area (Å²) in [6.07, 6.45) is 0.892. The van der Waals surface area contributed by atoms with Crippen LogP contribution in [-0.4, -0.2) is 23.7 Å². The summed E-state index contributed by atoms with van der Waals surface area (Å²) in [6, 6.07) is 14.8. The van der Waals surface area contributed by atoms with Crippen LogP contribution < -0.4 is 5.32 Å². The highest BCUT2D eigenvalue weighted by molar-refractivity contribution is 5.99. The zero-order valence-corrected chi connectivity index (χ0v) is 16.2. The minimum Gasteiger partial charge on any atom is -0.447 e. The van der Waals surface area contributed by atoms with Gasteiger partial charge in [0.25, 0.3) is 5.91 Å². The van der Waals surface area contributed by atoms with Crippen molar-refractivity contribution in [3.8, 4) is 0 Å². The smallest absolute Gasteiger partial charge is 0.307 e. The second kappa shape index (κ2) is 8.83. The minimum absolute atomic E-state index is 0.0505. The second-order valence-electron chi connectivity index (χ2n) is 7.30. The number of benzene rings is 2. The number of ketones is 1. The Labute approximate surface area is 165 Å². The first-order chi connectivity index (χ1) is 13.4. The van der Waals surface area contributed by atoms with Crippen LogP contribution in [0.4, 0.5) is 0 Å². The van der Waals surface area contributed by atoms with Crippen LogP contribution >= 0.6 is 0 Å². The van der Waals surface area contributed by atoms with E-state index in [0.717, 1.165) is 24.0 Å². The molecule has 0 heterocycles. The molecule has 0 bridgehead atoms. The second-order valence-corrected chi connectivity index (χ2v) is 7.30. The predicted octanol–water partition coefficient (Wildman–Crippen LogP) is 3.83. The monoisotopic (exact) mass is 379 g/mol. The van der Waals surface area contributed by atoms with Crippen molar-refractivity contribution >= 4 is 17.7 Å². The number of hydrogen-bond acceptors (Lipinski definition) is 4. The molecule has 5 nitrogen and oxygen atoms in total. The fraction of sp³-hybridized carbons (Fsp3) is 0.348. The summed E-state index contributed by atoms with van der Waals surface area (Å²) >= 11 is 0. The molecule has 5 heteroatoms. The maximum atomic E-state index is 12.5. The van der Waals surface area contributed by atoms with Gasteiger partial charge in [-0.3, -0.25) is 14.4 Å². The summed E-state index contributed by atoms with van der Waals surface area (Å²) in [6.45, 7) is 3.80. The van der Waals surface area contributed by atoms with Gasteiger partial charge in [-0.25, -0.2) is 0 Å². The van der Waals surface area contributed by atoms with E-state index in [1.165, 1.54) is 0 Å². The Bertz CT molecular complexity index is 871. The summed E-state index contributed by atoms with van der Waals surface area (Å²) in [7, 11) is 0. The Balaban J connectivity index is 1.62. The van der Waals surface area contributed by atoms with E-state index in [1.54, 1.807) is 24.3 Å². The lowest BCUT2D eigenvalue weighted by atomic mass is 9.99. The zero-order chi connectivity index (χ0) is 20.1. The molecule has 1 aliphatic rings. The molecular weight excluding hydrogens is 354 g/mol. The van der Waals surface area contributed by atoms with Crippen molar-refractivity contribution in [2.45, 2.75) is 51.7 Å². The van der Waals surface area contributed by atoms with Gasteiger partial charge in [-0.05, 0) is 38.3 Å². The van der Waals surface area contributed by atoms with E-state index >= 15 is 0 Å². The molecule has 1 saturated carbocycles. The molecular formula is C23H25NO4. The Morgan fingerprint density at radius 1 is 1.04 bits per heavy atom. The number of nitrogens with one attached hydrogen (secondary N) is 1. The number of amides is 1. The molecule has 1 amide bonds. The number of hydrogen-bond donors (Lipinski definition) is 1. The number of ether oxygens (including phenoxy) is 1. The summed E-state index contributed by atoms with van der Waals surface area (Å²) in [4.78, 5) is 37.4. The third-order valence-corrected chi connectivity index (χ3v) is 4.76. The van der Waals surface area contributed by atoms with Gasteiger partial charge in [0.05, 0.1) is 6.42 Å². The zero-order valence-electron chi connectivity index (χ0n) is 16.2. The third kappa shape index (κ3) is 5.28. The van der Waals surface area contributed by atoms with Crippen molar-refractivity contribution in [1.29, 1.82) is 0 Å². The number of carbonyl (C=O) groups is 3. The van der Waals surface area contributed by atoms with Crippen LogP contribution in [0, 0.1) is 13.8 Å². The van der Waals surface area contributed by atoms with Gasteiger partial charge in [0.2, 0.25) is 6.10 Å². The molecule has 2 aromatic carbocycles. The van der Waals surface area contributed by atoms with E-state index in [4.69, 9.17) is 4.74 Å². The fourth-order valence-electron chi connectivity index (χ4n) is 2.98. The van der Waals surface area contributed by atoms with Gasteiger partial charge in [-0.2, -0.15) is 0 Å². The molecule has 0 saturated heterocycles. The minimum atomic E-state index is -0.995. The molecule has 1 N–H and O–H groups in total. The number of rotatable bonds is 8. The molecule has 0 radical (unpaired) electrons. The van der Waals surface area contributed by atoms with Gasteiger partial charge < -0.3 is 10.1 Å². The van der Waals surface area contributed by atoms with E-state index in [1.807, 2.05) is 38.1 Å². The maximum Gasteiger partial charge on any atom is 0.307 e. The van der Waals surface area contributed by atoms with E-state index in [-0.39, 0.29) is 30.6 Å². The standard InChI is InChI=1S/C23H25NO4/c1-15-8-9-16(2)19(14-15)20(25)12-13-21(26)28-22(17-6-4-3-5-7-17)23(27)24-18-10-11-18/h3-9,14,18,22H,10-13H2,1-2H3,(H,24,27)/t22-/m1/s1. The molecule has 0 aromatic heterocycles. The summed E-state index contributed by atoms with van der Waals surface area (Å²) < 4.78 is 5.46. The van der Waals surface area contributed by atoms with E-state index < -0.39 is 12.1 Å². The quantitative estimate of drug-likeness (QED) is 0.559. The van der Waals surface area contributed by atoms with Gasteiger partial charge in [-0.1, -0.05) is 48.0 Å². The first kappa shape index (κ1) is 19.8. The highest BCUT2D eigenvalue weighted by atomic mass is 16.5. The lowest BCUT2D eigenvalue weighted by molar-refractivity contribution is -0.156. The Morgan fingerprint density at radius 2 is 1.75 bits per heavy atom. The molecule has 2 aromatic rings. The number of Topliss-reactive ketones (excluding diaryl/α,β-unsaturated/α-hetero) is 1. The van der Waals surface area contributed by atoms with Gasteiger partial charge in [-0.15, -0.1) is 0 Å². The Hall–Kier alpha value is -2.95. The Kier molecular flexibility index (Phi) is 6.24. The van der Waals surface area contributed by atoms with Crippen LogP contribution in [-0.2, 0) is 14.3 Å². The van der Waals surface area contributed by atoms with Gasteiger partial charge in [0.15, 0.2) is 5.78 Å². The van der Waals surface area contributed by atoms with Crippen LogP contribution in [0.3, 0.4) is 0 Å². The molecule has 0 spiro atoms. The number of aryl methyl sites for hydroxylation is 2. The molecule has 1 aliphatic carbocycles. The summed E-state index contributed by atoms with van der Waals surface area (Å²) in [5, 5.41) is 2.88. The molecule has 1 fully saturated rings. The van der Waals surface area contributed by atoms with E-state index in [0.29, 0.717) is 11.1 Å². The van der Waals surface area contributed by atoms with Crippen LogP contribution in [0.25, 0.3) is 0 Å². The van der Waals surface area contributed by atoms with Crippen molar-refractivity contribution in [1.82, 2.24) is 5.32 Å². The Morgan fingerprint density at radius 3 is 2.43 bits per heavy atom. The first-order valence-corrected chi connectivity index (χ1v) is 9.59. The highest BCUT2D eigenvalue weighted by Gasteiger charge is 2.30. The van der Waals surface area contributed by atoms with Gasteiger partial charge >= 0.3 is 5.97 Å². The predicted molar refractivity (Wildman–Crippen MR) is 106 cm³/mol. The average Bonchev–Trinajstić information content (AvgIpc) is 3.50. The largest absolute Gasteiger partial charge is 0.447 e. The summed E-state index contributed by atoms with van der Waals surface area (Å²) in [5.74, 6) is -0.974. The normalized spacial score (nSPS) is 14.2. The fourth-order valence-corrected chi connectivity index (χ4v) is 2.98. The first-order valence-electron chi connectivity index (χ1n) is 9.59. The van der Waals surface area contributed by atoms with Crippen molar-refractivity contribution < 1.29 is 19.1 Å². The topological polar surface area (TPSA) is 72.5 Å². The average molecular weight is 379 g/mol. The lowest BCUT2D eigenvalue weighted by Gasteiger charge is -2.18. The maximum absolute atomic E-state index is 12.5.